The van der Waals surface area contributed by atoms with Crippen LogP contribution in [0.3, 0.4) is 0 Å². The molecule has 0 aromatic heterocycles. The Morgan fingerprint density at radius 2 is 1.87 bits per heavy atom. The lowest BCUT2D eigenvalue weighted by molar-refractivity contribution is -0.145. The SMILES string of the molecule is COC(=O)[C@H]1CC[C@H](N(C)c2cc(C#N)ccc2OC(C)C)[C@@H]1c1ccc(F)cc1.Cl. The van der Waals surface area contributed by atoms with Crippen LogP contribution < -0.4 is 9.64 Å². The maximum atomic E-state index is 13.5. The Hall–Kier alpha value is -2.78. The van der Waals surface area contributed by atoms with Gasteiger partial charge in [-0.15, -0.1) is 12.4 Å². The van der Waals surface area contributed by atoms with Crippen LogP contribution in [0.2, 0.25) is 0 Å². The number of esters is 1. The number of rotatable bonds is 6. The second-order valence-electron chi connectivity index (χ2n) is 7.92. The summed E-state index contributed by atoms with van der Waals surface area (Å²) in [5.41, 5.74) is 2.23. The number of hydrogen-bond donors (Lipinski definition) is 0. The van der Waals surface area contributed by atoms with Crippen LogP contribution in [0.1, 0.15) is 43.7 Å². The van der Waals surface area contributed by atoms with E-state index in [1.165, 1.54) is 19.2 Å². The topological polar surface area (TPSA) is 62.6 Å². The van der Waals surface area contributed by atoms with E-state index in [4.69, 9.17) is 9.47 Å². The number of likely N-dealkylation sites (N-methyl/N-ethyl adjacent to an activating group) is 1. The van der Waals surface area contributed by atoms with Crippen molar-refractivity contribution < 1.29 is 18.7 Å². The lowest BCUT2D eigenvalue weighted by Gasteiger charge is -2.34. The Labute approximate surface area is 189 Å². The van der Waals surface area contributed by atoms with Gasteiger partial charge in [-0.25, -0.2) is 4.39 Å². The van der Waals surface area contributed by atoms with Crippen LogP contribution in [0.15, 0.2) is 42.5 Å². The average molecular weight is 447 g/mol. The van der Waals surface area contributed by atoms with E-state index in [-0.39, 0.29) is 48.2 Å². The highest BCUT2D eigenvalue weighted by molar-refractivity contribution is 5.85. The molecule has 31 heavy (non-hydrogen) atoms. The summed E-state index contributed by atoms with van der Waals surface area (Å²) in [5, 5.41) is 9.38. The summed E-state index contributed by atoms with van der Waals surface area (Å²) in [6, 6.07) is 13.8. The van der Waals surface area contributed by atoms with E-state index in [1.54, 1.807) is 18.2 Å². The third-order valence-corrected chi connectivity index (χ3v) is 5.71. The standard InChI is InChI=1S/C24H27FN2O3.ClH/c1-15(2)30-22-12-5-16(14-26)13-21(22)27(3)20-11-10-19(24(28)29-4)23(20)17-6-8-18(25)9-7-17;/h5-9,12-13,15,19-20,23H,10-11H2,1-4H3;1H/t19-,20-,23+;/m0./s1. The van der Waals surface area contributed by atoms with Gasteiger partial charge in [-0.05, 0) is 62.6 Å². The van der Waals surface area contributed by atoms with Gasteiger partial charge >= 0.3 is 5.97 Å². The number of hydrogen-bond acceptors (Lipinski definition) is 5. The Bertz CT molecular complexity index is 943. The van der Waals surface area contributed by atoms with Crippen LogP contribution in [-0.4, -0.2) is 32.3 Å². The predicted molar refractivity (Wildman–Crippen MR) is 120 cm³/mol. The van der Waals surface area contributed by atoms with Crippen LogP contribution in [0.4, 0.5) is 10.1 Å². The number of benzene rings is 2. The zero-order valence-electron chi connectivity index (χ0n) is 18.2. The molecule has 0 aliphatic heterocycles. The first kappa shape index (κ1) is 24.5. The van der Waals surface area contributed by atoms with E-state index < -0.39 is 0 Å². The molecule has 0 amide bonds. The van der Waals surface area contributed by atoms with Crippen LogP contribution in [-0.2, 0) is 9.53 Å². The Morgan fingerprint density at radius 3 is 2.45 bits per heavy atom. The second kappa shape index (κ2) is 10.5. The number of nitriles is 1. The van der Waals surface area contributed by atoms with Gasteiger partial charge in [0.2, 0.25) is 0 Å². The first-order valence-electron chi connectivity index (χ1n) is 10.1. The highest BCUT2D eigenvalue weighted by atomic mass is 35.5. The van der Waals surface area contributed by atoms with E-state index >= 15 is 0 Å². The van der Waals surface area contributed by atoms with Gasteiger partial charge in [0.25, 0.3) is 0 Å². The third-order valence-electron chi connectivity index (χ3n) is 5.71. The fraction of sp³-hybridized carbons (Fsp3) is 0.417. The lowest BCUT2D eigenvalue weighted by Crippen LogP contribution is -2.37. The molecule has 1 aliphatic carbocycles. The summed E-state index contributed by atoms with van der Waals surface area (Å²) in [7, 11) is 3.34. The van der Waals surface area contributed by atoms with Gasteiger partial charge < -0.3 is 14.4 Å². The van der Waals surface area contributed by atoms with Gasteiger partial charge in [0, 0.05) is 19.0 Å². The molecule has 3 atom stereocenters. The van der Waals surface area contributed by atoms with Crippen molar-refractivity contribution in [2.45, 2.75) is 44.8 Å². The largest absolute Gasteiger partial charge is 0.489 e. The van der Waals surface area contributed by atoms with Crippen molar-refractivity contribution in [2.24, 2.45) is 5.92 Å². The molecule has 166 valence electrons. The Balaban J connectivity index is 0.00000341. The molecule has 0 bridgehead atoms. The highest BCUT2D eigenvalue weighted by Crippen LogP contribution is 2.45. The first-order chi connectivity index (χ1) is 14.3. The van der Waals surface area contributed by atoms with Crippen molar-refractivity contribution in [3.63, 3.8) is 0 Å². The molecule has 0 spiro atoms. The Kier molecular flexibility index (Phi) is 8.29. The van der Waals surface area contributed by atoms with Gasteiger partial charge in [0.1, 0.15) is 11.6 Å². The molecule has 1 saturated carbocycles. The summed E-state index contributed by atoms with van der Waals surface area (Å²) in [4.78, 5) is 14.6. The molecule has 3 rings (SSSR count). The molecule has 0 unspecified atom stereocenters. The number of methoxy groups -OCH3 is 1. The summed E-state index contributed by atoms with van der Waals surface area (Å²) in [6.07, 6.45) is 1.41. The molecule has 0 saturated heterocycles. The van der Waals surface area contributed by atoms with Gasteiger partial charge in [0.05, 0.1) is 36.5 Å². The number of carbonyl (C=O) groups is 1. The van der Waals surface area contributed by atoms with E-state index in [1.807, 2.05) is 33.0 Å². The average Bonchev–Trinajstić information content (AvgIpc) is 3.18. The van der Waals surface area contributed by atoms with Crippen LogP contribution in [0.25, 0.3) is 0 Å². The predicted octanol–water partition coefficient (Wildman–Crippen LogP) is 5.08. The lowest BCUT2D eigenvalue weighted by atomic mass is 9.85. The monoisotopic (exact) mass is 446 g/mol. The van der Waals surface area contributed by atoms with Crippen molar-refractivity contribution >= 4 is 24.1 Å². The molecule has 0 N–H and O–H groups in total. The van der Waals surface area contributed by atoms with Crippen molar-refractivity contribution in [3.05, 3.63) is 59.4 Å². The molecule has 1 aliphatic rings. The van der Waals surface area contributed by atoms with E-state index in [0.29, 0.717) is 17.7 Å². The normalized spacial score (nSPS) is 20.0. The molecular weight excluding hydrogens is 419 g/mol. The molecule has 0 heterocycles. The van der Waals surface area contributed by atoms with Crippen molar-refractivity contribution in [1.29, 1.82) is 5.26 Å². The fourth-order valence-corrected chi connectivity index (χ4v) is 4.36. The van der Waals surface area contributed by atoms with Crippen molar-refractivity contribution in [3.8, 4) is 11.8 Å². The van der Waals surface area contributed by atoms with Gasteiger partial charge in [-0.1, -0.05) is 12.1 Å². The van der Waals surface area contributed by atoms with Crippen LogP contribution >= 0.6 is 12.4 Å². The maximum Gasteiger partial charge on any atom is 0.309 e. The zero-order chi connectivity index (χ0) is 21.8. The fourth-order valence-electron chi connectivity index (χ4n) is 4.36. The van der Waals surface area contributed by atoms with Gasteiger partial charge in [-0.2, -0.15) is 5.26 Å². The maximum absolute atomic E-state index is 13.5. The minimum absolute atomic E-state index is 0. The molecule has 1 fully saturated rings. The van der Waals surface area contributed by atoms with Crippen molar-refractivity contribution in [2.75, 3.05) is 19.1 Å². The molecule has 7 heteroatoms. The molecular formula is C24H28ClFN2O3. The first-order valence-corrected chi connectivity index (χ1v) is 10.1. The molecule has 5 nitrogen and oxygen atoms in total. The van der Waals surface area contributed by atoms with Gasteiger partial charge in [-0.3, -0.25) is 4.79 Å². The number of nitrogens with zero attached hydrogens (tertiary/aromatic N) is 2. The number of anilines is 1. The third kappa shape index (κ3) is 5.29. The molecule has 2 aromatic rings. The minimum atomic E-state index is -0.318. The van der Waals surface area contributed by atoms with E-state index in [0.717, 1.165) is 17.7 Å². The quantitative estimate of drug-likeness (QED) is 0.579. The summed E-state index contributed by atoms with van der Waals surface area (Å²) in [5.74, 6) is -0.372. The van der Waals surface area contributed by atoms with Crippen LogP contribution in [0.5, 0.6) is 5.75 Å². The molecule has 2 aromatic carbocycles. The molecule has 0 radical (unpaired) electrons. The highest BCUT2D eigenvalue weighted by Gasteiger charge is 2.44. The minimum Gasteiger partial charge on any atom is -0.489 e. The summed E-state index contributed by atoms with van der Waals surface area (Å²) < 4.78 is 24.6. The van der Waals surface area contributed by atoms with E-state index in [9.17, 15) is 14.4 Å². The summed E-state index contributed by atoms with van der Waals surface area (Å²) in [6.45, 7) is 3.90. The van der Waals surface area contributed by atoms with Crippen molar-refractivity contribution in [1.82, 2.24) is 0 Å². The van der Waals surface area contributed by atoms with Crippen LogP contribution in [0, 0.1) is 23.1 Å². The number of halogens is 2. The smallest absolute Gasteiger partial charge is 0.309 e. The van der Waals surface area contributed by atoms with Gasteiger partial charge in [0.15, 0.2) is 0 Å². The number of ether oxygens (including phenoxy) is 2. The van der Waals surface area contributed by atoms with E-state index in [2.05, 4.69) is 11.0 Å². The second-order valence-corrected chi connectivity index (χ2v) is 7.92. The Morgan fingerprint density at radius 1 is 1.19 bits per heavy atom. The summed E-state index contributed by atoms with van der Waals surface area (Å²) >= 11 is 0. The number of carbonyl (C=O) groups excluding carboxylic acids is 1. The zero-order valence-corrected chi connectivity index (χ0v) is 19.0.